The van der Waals surface area contributed by atoms with Gasteiger partial charge in [-0.05, 0) is 12.3 Å². The number of nitrogens with one attached hydrogen (secondary N) is 1. The van der Waals surface area contributed by atoms with Crippen molar-refractivity contribution in [2.45, 2.75) is 45.8 Å². The fourth-order valence-electron chi connectivity index (χ4n) is 0.633. The first-order valence-corrected chi connectivity index (χ1v) is 4.55. The lowest BCUT2D eigenvalue weighted by molar-refractivity contribution is -0.270. The second-order valence-corrected chi connectivity index (χ2v) is 4.63. The maximum absolute atomic E-state index is 12.5. The number of hydrogen-bond donors (Lipinski definition) is 1. The van der Waals surface area contributed by atoms with Gasteiger partial charge in [-0.15, -0.1) is 0 Å². The Labute approximate surface area is 90.2 Å². The number of alkyl halides is 5. The van der Waals surface area contributed by atoms with E-state index in [0.29, 0.717) is 0 Å². The Morgan fingerprint density at radius 2 is 1.44 bits per heavy atom. The predicted molar refractivity (Wildman–Crippen MR) is 48.1 cm³/mol. The van der Waals surface area contributed by atoms with Crippen LogP contribution < -0.4 is 5.32 Å². The van der Waals surface area contributed by atoms with Gasteiger partial charge in [0.1, 0.15) is 0 Å². The van der Waals surface area contributed by atoms with Crippen molar-refractivity contribution in [1.29, 1.82) is 0 Å². The molecule has 0 aromatic carbocycles. The second-order valence-electron chi connectivity index (χ2n) is 4.63. The first kappa shape index (κ1) is 15.1. The first-order chi connectivity index (χ1) is 6.80. The Bertz CT molecular complexity index is 266. The minimum absolute atomic E-state index is 0.600. The first-order valence-electron chi connectivity index (χ1n) is 4.55. The zero-order chi connectivity index (χ0) is 13.4. The van der Waals surface area contributed by atoms with E-state index in [-0.39, 0.29) is 0 Å². The van der Waals surface area contributed by atoms with Crippen LogP contribution in [0.2, 0.25) is 0 Å². The highest BCUT2D eigenvalue weighted by molar-refractivity contribution is 5.84. The average molecular weight is 247 g/mol. The normalized spacial score (nSPS) is 15.8. The van der Waals surface area contributed by atoms with Crippen LogP contribution in [0.15, 0.2) is 0 Å². The van der Waals surface area contributed by atoms with Crippen LogP contribution >= 0.6 is 0 Å². The Kier molecular flexibility index (Phi) is 3.95. The summed E-state index contributed by atoms with van der Waals surface area (Å²) in [6, 6.07) is -0.798. The molecule has 7 heteroatoms. The third-order valence-corrected chi connectivity index (χ3v) is 2.29. The molecule has 96 valence electrons. The fraction of sp³-hybridized carbons (Fsp3) is 0.889. The molecule has 1 N–H and O–H groups in total. The number of hydrogen-bond acceptors (Lipinski definition) is 1. The summed E-state index contributed by atoms with van der Waals surface area (Å²) in [6.07, 6.45) is -5.87. The summed E-state index contributed by atoms with van der Waals surface area (Å²) in [7, 11) is 0. The monoisotopic (exact) mass is 247 g/mol. The van der Waals surface area contributed by atoms with E-state index < -0.39 is 29.5 Å². The molecule has 0 rings (SSSR count). The highest BCUT2D eigenvalue weighted by Crippen LogP contribution is 2.35. The van der Waals surface area contributed by atoms with Gasteiger partial charge in [-0.1, -0.05) is 20.8 Å². The van der Waals surface area contributed by atoms with Gasteiger partial charge in [0.15, 0.2) is 0 Å². The van der Waals surface area contributed by atoms with Crippen LogP contribution in [-0.2, 0) is 4.79 Å². The average Bonchev–Trinajstić information content (AvgIpc) is 1.99. The molecule has 0 aliphatic rings. The van der Waals surface area contributed by atoms with E-state index in [1.165, 1.54) is 6.92 Å². The summed E-state index contributed by atoms with van der Waals surface area (Å²) in [5.41, 5.74) is -0.600. The van der Waals surface area contributed by atoms with E-state index in [4.69, 9.17) is 0 Å². The Morgan fingerprint density at radius 1 is 1.06 bits per heavy atom. The van der Waals surface area contributed by atoms with E-state index in [9.17, 15) is 26.7 Å². The van der Waals surface area contributed by atoms with Crippen molar-refractivity contribution < 1.29 is 26.7 Å². The molecule has 0 aliphatic carbocycles. The molecule has 1 atom stereocenters. The number of carbonyl (C=O) groups excluding carboxylic acids is 1. The molecule has 0 aliphatic heterocycles. The molecule has 0 heterocycles. The summed E-state index contributed by atoms with van der Waals surface area (Å²) < 4.78 is 60.5. The number of amides is 1. The summed E-state index contributed by atoms with van der Waals surface area (Å²) in [4.78, 5) is 10.8. The van der Waals surface area contributed by atoms with E-state index in [0.717, 1.165) is 0 Å². The number of halogens is 5. The number of carbonyl (C=O) groups is 1. The van der Waals surface area contributed by atoms with Gasteiger partial charge < -0.3 is 5.32 Å². The molecule has 0 saturated carbocycles. The van der Waals surface area contributed by atoms with Crippen LogP contribution in [0, 0.1) is 5.41 Å². The van der Waals surface area contributed by atoms with Gasteiger partial charge in [-0.2, -0.15) is 22.0 Å². The smallest absolute Gasteiger partial charge is 0.348 e. The standard InChI is InChI=1S/C9H14F5NO/c1-5(7(2,3)4)15-6(16)8(10,11)9(12,13)14/h5H,1-4H3,(H,15,16). The third kappa shape index (κ3) is 3.31. The predicted octanol–water partition coefficient (Wildman–Crippen LogP) is 2.73. The van der Waals surface area contributed by atoms with E-state index in [2.05, 4.69) is 0 Å². The highest BCUT2D eigenvalue weighted by Gasteiger charge is 2.63. The lowest BCUT2D eigenvalue weighted by atomic mass is 9.88. The quantitative estimate of drug-likeness (QED) is 0.747. The van der Waals surface area contributed by atoms with Gasteiger partial charge in [-0.3, -0.25) is 4.79 Å². The summed E-state index contributed by atoms with van der Waals surface area (Å²) in [5, 5.41) is 1.66. The van der Waals surface area contributed by atoms with E-state index in [1.54, 1.807) is 26.1 Å². The SMILES string of the molecule is CC(NC(=O)C(F)(F)C(F)(F)F)C(C)(C)C. The second kappa shape index (κ2) is 4.18. The van der Waals surface area contributed by atoms with Crippen molar-refractivity contribution in [3.63, 3.8) is 0 Å². The van der Waals surface area contributed by atoms with Gasteiger partial charge in [0.25, 0.3) is 0 Å². The summed E-state index contributed by atoms with van der Waals surface area (Å²) in [6.45, 7) is 6.21. The van der Waals surface area contributed by atoms with Crippen molar-refractivity contribution in [3.8, 4) is 0 Å². The molecule has 1 unspecified atom stereocenters. The van der Waals surface area contributed by atoms with Crippen LogP contribution in [0.1, 0.15) is 27.7 Å². The topological polar surface area (TPSA) is 29.1 Å². The zero-order valence-corrected chi connectivity index (χ0v) is 9.38. The summed E-state index contributed by atoms with van der Waals surface area (Å²) >= 11 is 0. The van der Waals surface area contributed by atoms with Crippen molar-refractivity contribution >= 4 is 5.91 Å². The molecular weight excluding hydrogens is 233 g/mol. The molecule has 1 amide bonds. The van der Waals surface area contributed by atoms with Gasteiger partial charge >= 0.3 is 18.0 Å². The Hall–Kier alpha value is -0.880. The fourth-order valence-corrected chi connectivity index (χ4v) is 0.633. The van der Waals surface area contributed by atoms with Gasteiger partial charge in [0.05, 0.1) is 0 Å². The molecule has 2 nitrogen and oxygen atoms in total. The van der Waals surface area contributed by atoms with Crippen LogP contribution in [0.4, 0.5) is 22.0 Å². The van der Waals surface area contributed by atoms with Crippen LogP contribution in [0.25, 0.3) is 0 Å². The Balaban J connectivity index is 4.73. The van der Waals surface area contributed by atoms with Crippen molar-refractivity contribution in [2.24, 2.45) is 5.41 Å². The lowest BCUT2D eigenvalue weighted by Gasteiger charge is -2.30. The van der Waals surface area contributed by atoms with Crippen LogP contribution in [0.5, 0.6) is 0 Å². The van der Waals surface area contributed by atoms with E-state index in [1.807, 2.05) is 0 Å². The molecule has 0 saturated heterocycles. The molecular formula is C9H14F5NO. The third-order valence-electron chi connectivity index (χ3n) is 2.29. The highest BCUT2D eigenvalue weighted by atomic mass is 19.4. The van der Waals surface area contributed by atoms with E-state index >= 15 is 0 Å². The maximum atomic E-state index is 12.5. The zero-order valence-electron chi connectivity index (χ0n) is 9.38. The maximum Gasteiger partial charge on any atom is 0.463 e. The van der Waals surface area contributed by atoms with Crippen molar-refractivity contribution in [3.05, 3.63) is 0 Å². The lowest BCUT2D eigenvalue weighted by Crippen LogP contribution is -2.54. The molecule has 0 radical (unpaired) electrons. The van der Waals surface area contributed by atoms with Gasteiger partial charge in [0, 0.05) is 6.04 Å². The van der Waals surface area contributed by atoms with Gasteiger partial charge in [0.2, 0.25) is 0 Å². The molecule has 0 bridgehead atoms. The minimum atomic E-state index is -5.87. The number of rotatable bonds is 2. The molecule has 0 aromatic rings. The van der Waals surface area contributed by atoms with Gasteiger partial charge in [-0.25, -0.2) is 0 Å². The largest absolute Gasteiger partial charge is 0.463 e. The molecule has 0 spiro atoms. The minimum Gasteiger partial charge on any atom is -0.348 e. The molecule has 0 aromatic heterocycles. The Morgan fingerprint density at radius 3 is 1.69 bits per heavy atom. The van der Waals surface area contributed by atoms with Crippen LogP contribution in [0.3, 0.4) is 0 Å². The van der Waals surface area contributed by atoms with Crippen molar-refractivity contribution in [1.82, 2.24) is 5.32 Å². The summed E-state index contributed by atoms with van der Waals surface area (Å²) in [5.74, 6) is -7.67. The van der Waals surface area contributed by atoms with Crippen molar-refractivity contribution in [2.75, 3.05) is 0 Å². The molecule has 0 fully saturated rings. The van der Waals surface area contributed by atoms with Crippen LogP contribution in [-0.4, -0.2) is 24.0 Å². The molecule has 16 heavy (non-hydrogen) atoms.